The van der Waals surface area contributed by atoms with E-state index in [4.69, 9.17) is 14.4 Å². The zero-order valence-corrected chi connectivity index (χ0v) is 31.1. The number of furan rings is 1. The molecule has 10 aromatic carbocycles. The quantitative estimate of drug-likeness (QED) is 0.170. The van der Waals surface area contributed by atoms with Crippen molar-refractivity contribution >= 4 is 97.7 Å². The Balaban J connectivity index is 1.23. The summed E-state index contributed by atoms with van der Waals surface area (Å²) in [4.78, 5) is 11.2. The summed E-state index contributed by atoms with van der Waals surface area (Å²) in [6, 6.07) is 67.2. The van der Waals surface area contributed by atoms with Crippen LogP contribution in [0.25, 0.3) is 126 Å². The smallest absolute Gasteiger partial charge is 0.235 e. The van der Waals surface area contributed by atoms with Crippen molar-refractivity contribution in [2.24, 2.45) is 0 Å². The highest BCUT2D eigenvalue weighted by Crippen LogP contribution is 2.46. The van der Waals surface area contributed by atoms with Gasteiger partial charge in [-0.1, -0.05) is 164 Å². The minimum atomic E-state index is 0.636. The molecule has 0 N–H and O–H groups in total. The van der Waals surface area contributed by atoms with Crippen LogP contribution in [0.5, 0.6) is 0 Å². The van der Waals surface area contributed by atoms with Crippen LogP contribution in [-0.4, -0.2) is 14.5 Å². The molecule has 0 bridgehead atoms. The molecule has 0 unspecified atom stereocenters. The molecule has 0 aliphatic heterocycles. The highest BCUT2D eigenvalue weighted by molar-refractivity contribution is 6.33. The standard InChI is InChI=1S/C54H31N3O/c1-2-15-34(16-3-1)50-44-28-25-33-14-5-7-18-37(33)51(44)56-54(55-50)57-52-38(35-27-29-46-45(31-35)48-36-17-6-4-13-32(36)26-30-47(48)58-46)23-12-24-43(52)49-41-21-10-8-19-39(41)40-20-9-11-22-42(40)53(49)57/h1-31H. The number of hydrogen-bond acceptors (Lipinski definition) is 3. The van der Waals surface area contributed by atoms with E-state index in [-0.39, 0.29) is 0 Å². The lowest BCUT2D eigenvalue weighted by molar-refractivity contribution is 0.669. The number of rotatable bonds is 3. The summed E-state index contributed by atoms with van der Waals surface area (Å²) < 4.78 is 8.84. The Morgan fingerprint density at radius 3 is 1.83 bits per heavy atom. The minimum Gasteiger partial charge on any atom is -0.456 e. The summed E-state index contributed by atoms with van der Waals surface area (Å²) in [6.07, 6.45) is 0. The number of fused-ring (bicyclic) bond motifs is 16. The summed E-state index contributed by atoms with van der Waals surface area (Å²) in [5.41, 5.74) is 9.00. The molecule has 0 atom stereocenters. The highest BCUT2D eigenvalue weighted by atomic mass is 16.3. The van der Waals surface area contributed by atoms with Crippen molar-refractivity contribution in [3.63, 3.8) is 0 Å². The lowest BCUT2D eigenvalue weighted by Gasteiger charge is -2.15. The van der Waals surface area contributed by atoms with E-state index in [1.165, 1.54) is 32.3 Å². The number of hydrogen-bond donors (Lipinski definition) is 0. The van der Waals surface area contributed by atoms with Crippen LogP contribution in [0.2, 0.25) is 0 Å². The lowest BCUT2D eigenvalue weighted by Crippen LogP contribution is -2.05. The first-order chi connectivity index (χ1) is 28.8. The summed E-state index contributed by atoms with van der Waals surface area (Å²) in [7, 11) is 0. The minimum absolute atomic E-state index is 0.636. The fraction of sp³-hybridized carbons (Fsp3) is 0. The summed E-state index contributed by atoms with van der Waals surface area (Å²) >= 11 is 0. The van der Waals surface area contributed by atoms with Gasteiger partial charge in [0.05, 0.1) is 22.2 Å². The van der Waals surface area contributed by atoms with E-state index >= 15 is 0 Å². The number of benzene rings is 10. The molecule has 268 valence electrons. The highest BCUT2D eigenvalue weighted by Gasteiger charge is 2.25. The maximum absolute atomic E-state index is 6.48. The van der Waals surface area contributed by atoms with Gasteiger partial charge in [-0.25, -0.2) is 9.97 Å². The number of para-hydroxylation sites is 1. The van der Waals surface area contributed by atoms with Crippen LogP contribution in [0.4, 0.5) is 0 Å². The fourth-order valence-electron chi connectivity index (χ4n) is 9.64. The van der Waals surface area contributed by atoms with Crippen LogP contribution in [0.1, 0.15) is 0 Å². The molecule has 58 heavy (non-hydrogen) atoms. The molecule has 3 heterocycles. The SMILES string of the molecule is c1ccc(-c2nc(-n3c4c(-c5ccc6oc7ccc8ccccc8c7c6c5)cccc4c4c5ccccc5c5ccccc5c43)nc3c2ccc2ccccc23)cc1. The van der Waals surface area contributed by atoms with E-state index in [0.29, 0.717) is 5.95 Å². The van der Waals surface area contributed by atoms with Gasteiger partial charge in [-0.15, -0.1) is 0 Å². The molecule has 0 aliphatic rings. The first-order valence-corrected chi connectivity index (χ1v) is 19.7. The van der Waals surface area contributed by atoms with Crippen molar-refractivity contribution in [2.45, 2.75) is 0 Å². The van der Waals surface area contributed by atoms with E-state index in [1.807, 2.05) is 0 Å². The van der Waals surface area contributed by atoms with Gasteiger partial charge in [-0.05, 0) is 62.1 Å². The summed E-state index contributed by atoms with van der Waals surface area (Å²) in [6.45, 7) is 0. The maximum atomic E-state index is 6.48. The first kappa shape index (κ1) is 31.4. The Morgan fingerprint density at radius 1 is 0.362 bits per heavy atom. The van der Waals surface area contributed by atoms with Crippen molar-refractivity contribution in [1.29, 1.82) is 0 Å². The third-order valence-electron chi connectivity index (χ3n) is 12.2. The monoisotopic (exact) mass is 737 g/mol. The van der Waals surface area contributed by atoms with Gasteiger partial charge in [0, 0.05) is 48.8 Å². The Bertz CT molecular complexity index is 3860. The average molecular weight is 738 g/mol. The molecule has 4 heteroatoms. The van der Waals surface area contributed by atoms with E-state index in [0.717, 1.165) is 87.8 Å². The van der Waals surface area contributed by atoms with Crippen LogP contribution < -0.4 is 0 Å². The van der Waals surface area contributed by atoms with Gasteiger partial charge >= 0.3 is 0 Å². The zero-order chi connectivity index (χ0) is 37.9. The molecular formula is C54H31N3O. The Hall–Kier alpha value is -7.82. The van der Waals surface area contributed by atoms with Crippen LogP contribution in [0.15, 0.2) is 192 Å². The molecule has 0 fully saturated rings. The largest absolute Gasteiger partial charge is 0.456 e. The van der Waals surface area contributed by atoms with Gasteiger partial charge in [0.15, 0.2) is 0 Å². The predicted octanol–water partition coefficient (Wildman–Crippen LogP) is 14.6. The van der Waals surface area contributed by atoms with Gasteiger partial charge < -0.3 is 4.42 Å². The van der Waals surface area contributed by atoms with E-state index < -0.39 is 0 Å². The zero-order valence-electron chi connectivity index (χ0n) is 31.1. The second-order valence-corrected chi connectivity index (χ2v) is 15.2. The third kappa shape index (κ3) is 4.34. The molecule has 3 aromatic heterocycles. The lowest BCUT2D eigenvalue weighted by atomic mass is 9.95. The molecular weight excluding hydrogens is 707 g/mol. The van der Waals surface area contributed by atoms with Crippen molar-refractivity contribution in [3.8, 4) is 28.3 Å². The Morgan fingerprint density at radius 2 is 1.00 bits per heavy atom. The van der Waals surface area contributed by atoms with Crippen molar-refractivity contribution in [2.75, 3.05) is 0 Å². The molecule has 0 radical (unpaired) electrons. The normalized spacial score (nSPS) is 12.1. The Labute approximate surface area is 331 Å². The van der Waals surface area contributed by atoms with E-state index in [1.54, 1.807) is 0 Å². The number of nitrogens with zero attached hydrogens (tertiary/aromatic N) is 3. The first-order valence-electron chi connectivity index (χ1n) is 19.7. The summed E-state index contributed by atoms with van der Waals surface area (Å²) in [5, 5.41) is 15.0. The van der Waals surface area contributed by atoms with E-state index in [9.17, 15) is 0 Å². The van der Waals surface area contributed by atoms with Crippen LogP contribution in [0.3, 0.4) is 0 Å². The molecule has 0 spiro atoms. The van der Waals surface area contributed by atoms with Crippen LogP contribution in [-0.2, 0) is 0 Å². The molecule has 0 amide bonds. The second kappa shape index (κ2) is 11.8. The molecule has 13 aromatic rings. The van der Waals surface area contributed by atoms with Crippen molar-refractivity contribution < 1.29 is 4.42 Å². The molecule has 0 saturated heterocycles. The Kier molecular flexibility index (Phi) is 6.41. The van der Waals surface area contributed by atoms with Gasteiger partial charge in [0.1, 0.15) is 11.2 Å². The molecule has 0 saturated carbocycles. The summed E-state index contributed by atoms with van der Waals surface area (Å²) in [5.74, 6) is 0.636. The van der Waals surface area contributed by atoms with Crippen molar-refractivity contribution in [3.05, 3.63) is 188 Å². The van der Waals surface area contributed by atoms with Gasteiger partial charge in [0.2, 0.25) is 5.95 Å². The van der Waals surface area contributed by atoms with Gasteiger partial charge in [-0.3, -0.25) is 4.57 Å². The topological polar surface area (TPSA) is 43.9 Å². The van der Waals surface area contributed by atoms with Gasteiger partial charge in [0.25, 0.3) is 0 Å². The number of aromatic nitrogens is 3. The van der Waals surface area contributed by atoms with Crippen LogP contribution in [0, 0.1) is 0 Å². The maximum Gasteiger partial charge on any atom is 0.235 e. The predicted molar refractivity (Wildman–Crippen MR) is 242 cm³/mol. The molecule has 4 nitrogen and oxygen atoms in total. The third-order valence-corrected chi connectivity index (χ3v) is 12.2. The van der Waals surface area contributed by atoms with Gasteiger partial charge in [-0.2, -0.15) is 0 Å². The van der Waals surface area contributed by atoms with Crippen molar-refractivity contribution in [1.82, 2.24) is 14.5 Å². The molecule has 0 aliphatic carbocycles. The molecule has 13 rings (SSSR count). The second-order valence-electron chi connectivity index (χ2n) is 15.2. The average Bonchev–Trinajstić information content (AvgIpc) is 3.86. The van der Waals surface area contributed by atoms with Crippen LogP contribution >= 0.6 is 0 Å². The van der Waals surface area contributed by atoms with E-state index in [2.05, 4.69) is 193 Å². The fourth-order valence-corrected chi connectivity index (χ4v) is 9.64.